The summed E-state index contributed by atoms with van der Waals surface area (Å²) in [5.41, 5.74) is 0. The Kier molecular flexibility index (Phi) is 4.66. The molecule has 94 valence electrons. The molecule has 1 saturated carbocycles. The van der Waals surface area contributed by atoms with Gasteiger partial charge in [-0.15, -0.1) is 0 Å². The van der Waals surface area contributed by atoms with Crippen LogP contribution in [0.15, 0.2) is 0 Å². The van der Waals surface area contributed by atoms with Crippen molar-refractivity contribution >= 4 is 0 Å². The Balaban J connectivity index is 1.85. The molecule has 1 saturated heterocycles. The fourth-order valence-corrected chi connectivity index (χ4v) is 3.49. The fourth-order valence-electron chi connectivity index (χ4n) is 3.49. The molecule has 0 bridgehead atoms. The summed E-state index contributed by atoms with van der Waals surface area (Å²) < 4.78 is 0. The van der Waals surface area contributed by atoms with E-state index in [9.17, 15) is 5.11 Å². The van der Waals surface area contributed by atoms with Crippen molar-refractivity contribution in [2.45, 2.75) is 70.4 Å². The lowest BCUT2D eigenvalue weighted by Gasteiger charge is -2.37. The quantitative estimate of drug-likeness (QED) is 0.795. The topological polar surface area (TPSA) is 23.5 Å². The Bertz CT molecular complexity index is 205. The van der Waals surface area contributed by atoms with Gasteiger partial charge in [-0.2, -0.15) is 0 Å². The molecule has 2 fully saturated rings. The number of aliphatic hydroxyl groups excluding tert-OH is 1. The van der Waals surface area contributed by atoms with Crippen LogP contribution in [0.4, 0.5) is 0 Å². The summed E-state index contributed by atoms with van der Waals surface area (Å²) in [4.78, 5) is 2.67. The predicted molar refractivity (Wildman–Crippen MR) is 67.5 cm³/mol. The van der Waals surface area contributed by atoms with Crippen molar-refractivity contribution < 1.29 is 5.11 Å². The van der Waals surface area contributed by atoms with Crippen LogP contribution >= 0.6 is 0 Å². The molecular formula is C14H27NO. The summed E-state index contributed by atoms with van der Waals surface area (Å²) in [6, 6.07) is 0.812. The molecule has 0 aromatic heterocycles. The van der Waals surface area contributed by atoms with E-state index in [1.807, 2.05) is 0 Å². The molecule has 2 rings (SSSR count). The van der Waals surface area contributed by atoms with Gasteiger partial charge in [-0.25, -0.2) is 0 Å². The fraction of sp³-hybridized carbons (Fsp3) is 1.00. The summed E-state index contributed by atoms with van der Waals surface area (Å²) in [6.07, 6.45) is 10.3. The van der Waals surface area contributed by atoms with E-state index in [0.29, 0.717) is 5.92 Å². The van der Waals surface area contributed by atoms with Gasteiger partial charge in [0.25, 0.3) is 0 Å². The molecule has 1 aliphatic carbocycles. The van der Waals surface area contributed by atoms with Gasteiger partial charge in [0, 0.05) is 12.6 Å². The van der Waals surface area contributed by atoms with E-state index >= 15 is 0 Å². The second kappa shape index (κ2) is 6.02. The lowest BCUT2D eigenvalue weighted by Crippen LogP contribution is -2.43. The molecule has 1 heterocycles. The van der Waals surface area contributed by atoms with Crippen LogP contribution < -0.4 is 0 Å². The van der Waals surface area contributed by atoms with Crippen molar-refractivity contribution in [1.82, 2.24) is 4.90 Å². The third-order valence-electron chi connectivity index (χ3n) is 4.46. The van der Waals surface area contributed by atoms with E-state index in [1.54, 1.807) is 0 Å². The molecule has 0 aromatic rings. The monoisotopic (exact) mass is 225 g/mol. The molecule has 0 spiro atoms. The zero-order chi connectivity index (χ0) is 11.4. The van der Waals surface area contributed by atoms with Crippen molar-refractivity contribution in [1.29, 1.82) is 0 Å². The normalized spacial score (nSPS) is 36.8. The van der Waals surface area contributed by atoms with Gasteiger partial charge < -0.3 is 10.0 Å². The average Bonchev–Trinajstić information content (AvgIpc) is 2.68. The highest BCUT2D eigenvalue weighted by Gasteiger charge is 2.30. The first-order chi connectivity index (χ1) is 7.81. The van der Waals surface area contributed by atoms with Gasteiger partial charge in [0.2, 0.25) is 0 Å². The first kappa shape index (κ1) is 12.4. The molecule has 2 aliphatic rings. The van der Waals surface area contributed by atoms with Crippen LogP contribution in [0.2, 0.25) is 0 Å². The highest BCUT2D eigenvalue weighted by atomic mass is 16.3. The largest absolute Gasteiger partial charge is 0.393 e. The van der Waals surface area contributed by atoms with Crippen LogP contribution in [0.5, 0.6) is 0 Å². The number of hydrogen-bond donors (Lipinski definition) is 1. The van der Waals surface area contributed by atoms with Crippen LogP contribution in [-0.2, 0) is 0 Å². The van der Waals surface area contributed by atoms with Crippen LogP contribution in [0, 0.1) is 5.92 Å². The van der Waals surface area contributed by atoms with Crippen LogP contribution in [0.25, 0.3) is 0 Å². The maximum atomic E-state index is 9.91. The van der Waals surface area contributed by atoms with Crippen molar-refractivity contribution in [3.8, 4) is 0 Å². The van der Waals surface area contributed by atoms with Gasteiger partial charge in [0.05, 0.1) is 6.10 Å². The van der Waals surface area contributed by atoms with E-state index in [1.165, 1.54) is 51.5 Å². The molecule has 3 unspecified atom stereocenters. The molecule has 3 atom stereocenters. The van der Waals surface area contributed by atoms with Crippen molar-refractivity contribution in [2.24, 2.45) is 5.92 Å². The Morgan fingerprint density at radius 3 is 2.69 bits per heavy atom. The van der Waals surface area contributed by atoms with Gasteiger partial charge in [0.15, 0.2) is 0 Å². The van der Waals surface area contributed by atoms with Crippen LogP contribution in [-0.4, -0.2) is 35.2 Å². The molecule has 1 N–H and O–H groups in total. The minimum atomic E-state index is -0.01000. The molecule has 2 heteroatoms. The van der Waals surface area contributed by atoms with Crippen molar-refractivity contribution in [2.75, 3.05) is 13.1 Å². The lowest BCUT2D eigenvalue weighted by molar-refractivity contribution is 0.0668. The Hall–Kier alpha value is -0.0800. The zero-order valence-corrected chi connectivity index (χ0v) is 10.7. The summed E-state index contributed by atoms with van der Waals surface area (Å²) in [7, 11) is 0. The highest BCUT2D eigenvalue weighted by Crippen LogP contribution is 2.29. The van der Waals surface area contributed by atoms with Crippen molar-refractivity contribution in [3.05, 3.63) is 0 Å². The summed E-state index contributed by atoms with van der Waals surface area (Å²) in [5, 5.41) is 9.91. The van der Waals surface area contributed by atoms with Gasteiger partial charge >= 0.3 is 0 Å². The summed E-state index contributed by atoms with van der Waals surface area (Å²) in [5.74, 6) is 0.567. The maximum absolute atomic E-state index is 9.91. The number of aliphatic hydroxyl groups is 1. The van der Waals surface area contributed by atoms with E-state index in [2.05, 4.69) is 11.8 Å². The van der Waals surface area contributed by atoms with Crippen LogP contribution in [0.1, 0.15) is 58.3 Å². The van der Waals surface area contributed by atoms with E-state index < -0.39 is 0 Å². The van der Waals surface area contributed by atoms with E-state index in [0.717, 1.165) is 19.0 Å². The molecule has 0 radical (unpaired) electrons. The second-order valence-electron chi connectivity index (χ2n) is 5.69. The number of hydrogen-bond acceptors (Lipinski definition) is 2. The smallest absolute Gasteiger partial charge is 0.0580 e. The molecule has 0 aromatic carbocycles. The summed E-state index contributed by atoms with van der Waals surface area (Å²) >= 11 is 0. The van der Waals surface area contributed by atoms with Crippen LogP contribution in [0.3, 0.4) is 0 Å². The van der Waals surface area contributed by atoms with Gasteiger partial charge in [-0.3, -0.25) is 0 Å². The molecule has 16 heavy (non-hydrogen) atoms. The third-order valence-corrected chi connectivity index (χ3v) is 4.46. The molecular weight excluding hydrogens is 198 g/mol. The molecule has 0 amide bonds. The first-order valence-corrected chi connectivity index (χ1v) is 7.23. The Morgan fingerprint density at radius 1 is 1.12 bits per heavy atom. The number of piperidine rings is 1. The second-order valence-corrected chi connectivity index (χ2v) is 5.69. The number of likely N-dealkylation sites (tertiary alicyclic amines) is 1. The predicted octanol–water partition coefficient (Wildman–Crippen LogP) is 2.80. The number of rotatable bonds is 4. The van der Waals surface area contributed by atoms with Gasteiger partial charge in [-0.1, -0.05) is 26.2 Å². The van der Waals surface area contributed by atoms with Gasteiger partial charge in [0.1, 0.15) is 0 Å². The number of nitrogens with zero attached hydrogens (tertiary/aromatic N) is 1. The SMILES string of the molecule is CCCC1CCCCN1CC1CCCC1O. The van der Waals surface area contributed by atoms with E-state index in [4.69, 9.17) is 0 Å². The minimum absolute atomic E-state index is 0.01000. The summed E-state index contributed by atoms with van der Waals surface area (Å²) in [6.45, 7) is 4.72. The third kappa shape index (κ3) is 2.98. The van der Waals surface area contributed by atoms with E-state index in [-0.39, 0.29) is 6.10 Å². The average molecular weight is 225 g/mol. The van der Waals surface area contributed by atoms with Gasteiger partial charge in [-0.05, 0) is 44.6 Å². The molecule has 1 aliphatic heterocycles. The van der Waals surface area contributed by atoms with Crippen molar-refractivity contribution in [3.63, 3.8) is 0 Å². The minimum Gasteiger partial charge on any atom is -0.393 e. The first-order valence-electron chi connectivity index (χ1n) is 7.23. The Labute approximate surface area is 100 Å². The zero-order valence-electron chi connectivity index (χ0n) is 10.7. The highest BCUT2D eigenvalue weighted by molar-refractivity contribution is 4.84. The standard InChI is InChI=1S/C14H27NO/c1-2-6-13-8-3-4-10-15(13)11-12-7-5-9-14(12)16/h12-14,16H,2-11H2,1H3. The maximum Gasteiger partial charge on any atom is 0.0580 e. The molecule has 2 nitrogen and oxygen atoms in total. The Morgan fingerprint density at radius 2 is 2.00 bits per heavy atom. The lowest BCUT2D eigenvalue weighted by atomic mass is 9.95.